The van der Waals surface area contributed by atoms with Gasteiger partial charge in [-0.3, -0.25) is 4.57 Å². The van der Waals surface area contributed by atoms with Gasteiger partial charge in [-0.1, -0.05) is 127 Å². The molecule has 0 fully saturated rings. The fraction of sp³-hybridized carbons (Fsp3) is 0.0513. The van der Waals surface area contributed by atoms with Crippen LogP contribution in [0.2, 0.25) is 0 Å². The molecule has 0 bridgehead atoms. The summed E-state index contributed by atoms with van der Waals surface area (Å²) in [6, 6.07) is 44.0. The summed E-state index contributed by atoms with van der Waals surface area (Å²) >= 11 is 0. The van der Waals surface area contributed by atoms with Crippen molar-refractivity contribution in [2.24, 2.45) is 0 Å². The average Bonchev–Trinajstić information content (AvgIpc) is 3.44. The van der Waals surface area contributed by atoms with Crippen LogP contribution in [0, 0.1) is 0 Å². The van der Waals surface area contributed by atoms with Gasteiger partial charge in [-0.25, -0.2) is 4.98 Å². The van der Waals surface area contributed by atoms with Crippen LogP contribution in [-0.4, -0.2) is 17.4 Å². The van der Waals surface area contributed by atoms with Gasteiger partial charge in [0.1, 0.15) is 13.7 Å². The second kappa shape index (κ2) is 10.0. The first-order valence-corrected chi connectivity index (χ1v) is 14.7. The molecular formula is C39H29BN2. The molecule has 0 amide bonds. The standard InChI is InChI=1S/C39H29BN2/c40-29-24-22-27(23-25-29)38-33-14-6-4-12-31(33)37(32-13-5-7-15-34(32)38)26-18-20-28(21-19-26)39-41-35-16-8-9-17-36(35)42(39)30-10-2-1-3-11-30/h2,4-25H,1,3,40H2. The number of rotatable bonds is 4. The number of benzene rings is 6. The highest BCUT2D eigenvalue weighted by Gasteiger charge is 2.18. The predicted octanol–water partition coefficient (Wildman–Crippen LogP) is 8.79. The van der Waals surface area contributed by atoms with Crippen LogP contribution in [0.5, 0.6) is 0 Å². The first-order valence-electron chi connectivity index (χ1n) is 14.7. The van der Waals surface area contributed by atoms with Gasteiger partial charge in [-0.05, 0) is 74.8 Å². The molecule has 0 spiro atoms. The Kier molecular flexibility index (Phi) is 5.89. The van der Waals surface area contributed by atoms with E-state index in [-0.39, 0.29) is 0 Å². The van der Waals surface area contributed by atoms with Crippen LogP contribution in [0.3, 0.4) is 0 Å². The third kappa shape index (κ3) is 4.01. The molecule has 2 nitrogen and oxygen atoms in total. The van der Waals surface area contributed by atoms with E-state index >= 15 is 0 Å². The van der Waals surface area contributed by atoms with Crippen molar-refractivity contribution in [3.8, 4) is 33.6 Å². The Labute approximate surface area is 246 Å². The van der Waals surface area contributed by atoms with E-state index in [4.69, 9.17) is 4.98 Å². The quantitative estimate of drug-likeness (QED) is 0.162. The molecule has 0 atom stereocenters. The molecule has 0 unspecified atom stereocenters. The van der Waals surface area contributed by atoms with E-state index in [1.165, 1.54) is 55.0 Å². The minimum atomic E-state index is 0.977. The van der Waals surface area contributed by atoms with Gasteiger partial charge in [0.15, 0.2) is 0 Å². The Bertz CT molecular complexity index is 2120. The average molecular weight is 536 g/mol. The third-order valence-electron chi connectivity index (χ3n) is 8.50. The van der Waals surface area contributed by atoms with E-state index in [1.54, 1.807) is 0 Å². The van der Waals surface area contributed by atoms with E-state index in [9.17, 15) is 0 Å². The summed E-state index contributed by atoms with van der Waals surface area (Å²) < 4.78 is 2.31. The van der Waals surface area contributed by atoms with Gasteiger partial charge in [-0.15, -0.1) is 0 Å². The highest BCUT2D eigenvalue weighted by atomic mass is 15.1. The number of hydrogen-bond donors (Lipinski definition) is 0. The van der Waals surface area contributed by atoms with Crippen molar-refractivity contribution in [1.82, 2.24) is 9.55 Å². The molecule has 1 aliphatic rings. The summed E-state index contributed by atoms with van der Waals surface area (Å²) in [5, 5.41) is 5.09. The molecule has 0 saturated carbocycles. The van der Waals surface area contributed by atoms with Gasteiger partial charge in [0.2, 0.25) is 0 Å². The molecule has 8 rings (SSSR count). The van der Waals surface area contributed by atoms with E-state index in [0.717, 1.165) is 35.3 Å². The van der Waals surface area contributed by atoms with Crippen LogP contribution in [0.1, 0.15) is 12.8 Å². The van der Waals surface area contributed by atoms with Crippen LogP contribution in [0.15, 0.2) is 140 Å². The lowest BCUT2D eigenvalue weighted by molar-refractivity contribution is 1.01. The number of allylic oxidation sites excluding steroid dienone is 4. The molecule has 0 saturated heterocycles. The van der Waals surface area contributed by atoms with Gasteiger partial charge in [-0.2, -0.15) is 0 Å². The highest BCUT2D eigenvalue weighted by Crippen LogP contribution is 2.43. The number of nitrogens with zero attached hydrogens (tertiary/aromatic N) is 2. The molecule has 1 aromatic heterocycles. The zero-order valence-electron chi connectivity index (χ0n) is 23.6. The Balaban J connectivity index is 1.33. The van der Waals surface area contributed by atoms with E-state index in [2.05, 4.69) is 152 Å². The summed E-state index contributed by atoms with van der Waals surface area (Å²) in [5.41, 5.74) is 10.8. The molecule has 0 N–H and O–H groups in total. The molecule has 0 aliphatic heterocycles. The van der Waals surface area contributed by atoms with Gasteiger partial charge >= 0.3 is 0 Å². The monoisotopic (exact) mass is 536 g/mol. The van der Waals surface area contributed by atoms with Crippen LogP contribution >= 0.6 is 0 Å². The van der Waals surface area contributed by atoms with Crippen molar-refractivity contribution in [3.05, 3.63) is 140 Å². The highest BCUT2D eigenvalue weighted by molar-refractivity contribution is 6.32. The second-order valence-corrected chi connectivity index (χ2v) is 11.2. The molecular weight excluding hydrogens is 507 g/mol. The smallest absolute Gasteiger partial charge is 0.145 e. The Hall–Kier alpha value is -5.15. The first kappa shape index (κ1) is 24.6. The van der Waals surface area contributed by atoms with Crippen molar-refractivity contribution >= 4 is 51.6 Å². The SMILES string of the molecule is Bc1ccc(-c2c3ccccc3c(-c3ccc(-c4nc5ccccc5n4C4=CCCC=C4)cc3)c3ccccc23)cc1. The number of fused-ring (bicyclic) bond motifs is 3. The fourth-order valence-corrected chi connectivity index (χ4v) is 6.50. The molecule has 3 heteroatoms. The largest absolute Gasteiger partial charge is 0.293 e. The zero-order chi connectivity index (χ0) is 28.0. The van der Waals surface area contributed by atoms with E-state index < -0.39 is 0 Å². The van der Waals surface area contributed by atoms with Crippen molar-refractivity contribution in [1.29, 1.82) is 0 Å². The summed E-state index contributed by atoms with van der Waals surface area (Å²) in [6.07, 6.45) is 8.94. The first-order chi connectivity index (χ1) is 20.8. The maximum absolute atomic E-state index is 5.10. The van der Waals surface area contributed by atoms with Gasteiger partial charge in [0.25, 0.3) is 0 Å². The lowest BCUT2D eigenvalue weighted by Gasteiger charge is -2.18. The number of imidazole rings is 1. The second-order valence-electron chi connectivity index (χ2n) is 11.2. The van der Waals surface area contributed by atoms with Crippen molar-refractivity contribution in [3.63, 3.8) is 0 Å². The molecule has 7 aromatic rings. The van der Waals surface area contributed by atoms with Crippen LogP contribution in [-0.2, 0) is 0 Å². The summed E-state index contributed by atoms with van der Waals surface area (Å²) in [4.78, 5) is 5.10. The van der Waals surface area contributed by atoms with E-state index in [0.29, 0.717) is 0 Å². The fourth-order valence-electron chi connectivity index (χ4n) is 6.50. The van der Waals surface area contributed by atoms with Crippen LogP contribution < -0.4 is 5.46 Å². The Morgan fingerprint density at radius 1 is 0.548 bits per heavy atom. The summed E-state index contributed by atoms with van der Waals surface area (Å²) in [7, 11) is 2.14. The van der Waals surface area contributed by atoms with E-state index in [1.807, 2.05) is 0 Å². The Morgan fingerprint density at radius 2 is 1.07 bits per heavy atom. The predicted molar refractivity (Wildman–Crippen MR) is 182 cm³/mol. The normalized spacial score (nSPS) is 13.2. The summed E-state index contributed by atoms with van der Waals surface area (Å²) in [6.45, 7) is 0. The van der Waals surface area contributed by atoms with Gasteiger partial charge in [0, 0.05) is 11.3 Å². The molecule has 1 heterocycles. The van der Waals surface area contributed by atoms with Crippen LogP contribution in [0.4, 0.5) is 0 Å². The third-order valence-corrected chi connectivity index (χ3v) is 8.50. The molecule has 6 aromatic carbocycles. The number of aromatic nitrogens is 2. The zero-order valence-corrected chi connectivity index (χ0v) is 23.6. The maximum atomic E-state index is 5.10. The lowest BCUT2D eigenvalue weighted by Crippen LogP contribution is -2.00. The topological polar surface area (TPSA) is 17.8 Å². The minimum absolute atomic E-state index is 0.977. The van der Waals surface area contributed by atoms with Gasteiger partial charge in [0.05, 0.1) is 11.0 Å². The molecule has 42 heavy (non-hydrogen) atoms. The summed E-state index contributed by atoms with van der Waals surface area (Å²) in [5.74, 6) is 0.977. The Morgan fingerprint density at radius 3 is 1.64 bits per heavy atom. The lowest BCUT2D eigenvalue weighted by atomic mass is 9.85. The maximum Gasteiger partial charge on any atom is 0.145 e. The molecule has 1 aliphatic carbocycles. The van der Waals surface area contributed by atoms with Crippen molar-refractivity contribution in [2.45, 2.75) is 12.8 Å². The van der Waals surface area contributed by atoms with Gasteiger partial charge < -0.3 is 0 Å². The van der Waals surface area contributed by atoms with Crippen molar-refractivity contribution < 1.29 is 0 Å². The molecule has 0 radical (unpaired) electrons. The molecule has 198 valence electrons. The minimum Gasteiger partial charge on any atom is -0.293 e. The number of hydrogen-bond acceptors (Lipinski definition) is 1. The van der Waals surface area contributed by atoms with Crippen LogP contribution in [0.25, 0.3) is 71.9 Å². The van der Waals surface area contributed by atoms with Crippen molar-refractivity contribution in [2.75, 3.05) is 0 Å². The number of para-hydroxylation sites is 2.